The lowest BCUT2D eigenvalue weighted by Crippen LogP contribution is -2.33. The summed E-state index contributed by atoms with van der Waals surface area (Å²) in [7, 11) is 0. The van der Waals surface area contributed by atoms with E-state index in [0.29, 0.717) is 6.54 Å². The van der Waals surface area contributed by atoms with E-state index in [4.69, 9.17) is 0 Å². The molecule has 90 valence electrons. The lowest BCUT2D eigenvalue weighted by atomic mass is 10.1. The van der Waals surface area contributed by atoms with Gasteiger partial charge >= 0.3 is 0 Å². The molecule has 1 heterocycles. The summed E-state index contributed by atoms with van der Waals surface area (Å²) in [4.78, 5) is 12.9. The number of amides is 1. The van der Waals surface area contributed by atoms with Gasteiger partial charge in [0.1, 0.15) is 0 Å². The van der Waals surface area contributed by atoms with Crippen LogP contribution in [0.4, 0.5) is 0 Å². The molecule has 1 N–H and O–H groups in total. The van der Waals surface area contributed by atoms with Crippen molar-refractivity contribution in [2.75, 3.05) is 0 Å². The summed E-state index contributed by atoms with van der Waals surface area (Å²) in [5.41, 5.74) is 1.32. The SMILES string of the molecule is CCc1ccsc1CNC(=O)C(S)C(C)C. The summed E-state index contributed by atoms with van der Waals surface area (Å²) in [6, 6.07) is 2.12. The number of carbonyl (C=O) groups excluding carboxylic acids is 1. The standard InChI is InChI=1S/C12H19NOS2/c1-4-9-5-6-16-10(9)7-13-12(14)11(15)8(2)3/h5-6,8,11,15H,4,7H2,1-3H3,(H,13,14). The number of carbonyl (C=O) groups is 1. The summed E-state index contributed by atoms with van der Waals surface area (Å²) in [5, 5.41) is 4.79. The first-order chi connectivity index (χ1) is 7.56. The number of hydrogen-bond donors (Lipinski definition) is 2. The van der Waals surface area contributed by atoms with Gasteiger partial charge in [-0.25, -0.2) is 0 Å². The Labute approximate surface area is 107 Å². The Bertz CT molecular complexity index is 347. The smallest absolute Gasteiger partial charge is 0.233 e. The molecule has 1 aromatic rings. The van der Waals surface area contributed by atoms with E-state index >= 15 is 0 Å². The predicted molar refractivity (Wildman–Crippen MR) is 73.2 cm³/mol. The van der Waals surface area contributed by atoms with Crippen LogP contribution in [0.5, 0.6) is 0 Å². The highest BCUT2D eigenvalue weighted by molar-refractivity contribution is 7.81. The Kier molecular flexibility index (Phi) is 5.35. The van der Waals surface area contributed by atoms with Gasteiger partial charge < -0.3 is 5.32 Å². The summed E-state index contributed by atoms with van der Waals surface area (Å²) >= 11 is 5.99. The largest absolute Gasteiger partial charge is 0.350 e. The van der Waals surface area contributed by atoms with E-state index in [-0.39, 0.29) is 17.1 Å². The van der Waals surface area contributed by atoms with Crippen LogP contribution >= 0.6 is 24.0 Å². The minimum Gasteiger partial charge on any atom is -0.350 e. The van der Waals surface area contributed by atoms with Crippen LogP contribution in [0.1, 0.15) is 31.2 Å². The van der Waals surface area contributed by atoms with E-state index in [9.17, 15) is 4.79 Å². The Hall–Kier alpha value is -0.480. The monoisotopic (exact) mass is 257 g/mol. The van der Waals surface area contributed by atoms with Crippen LogP contribution in [0, 0.1) is 5.92 Å². The highest BCUT2D eigenvalue weighted by atomic mass is 32.1. The zero-order chi connectivity index (χ0) is 12.1. The van der Waals surface area contributed by atoms with Crippen molar-refractivity contribution in [3.63, 3.8) is 0 Å². The summed E-state index contributed by atoms with van der Waals surface area (Å²) < 4.78 is 0. The first kappa shape index (κ1) is 13.6. The van der Waals surface area contributed by atoms with Gasteiger partial charge in [0.25, 0.3) is 0 Å². The number of aryl methyl sites for hydroxylation is 1. The third-order valence-electron chi connectivity index (χ3n) is 2.54. The van der Waals surface area contributed by atoms with Gasteiger partial charge in [0, 0.05) is 4.88 Å². The minimum atomic E-state index is -0.218. The molecule has 0 radical (unpaired) electrons. The molecular formula is C12H19NOS2. The van der Waals surface area contributed by atoms with Crippen molar-refractivity contribution in [1.29, 1.82) is 0 Å². The molecule has 16 heavy (non-hydrogen) atoms. The third-order valence-corrected chi connectivity index (χ3v) is 4.34. The Morgan fingerprint density at radius 3 is 2.81 bits per heavy atom. The molecule has 0 fully saturated rings. The third kappa shape index (κ3) is 3.52. The lowest BCUT2D eigenvalue weighted by Gasteiger charge is -2.14. The van der Waals surface area contributed by atoms with E-state index in [0.717, 1.165) is 6.42 Å². The van der Waals surface area contributed by atoms with E-state index in [1.165, 1.54) is 10.4 Å². The van der Waals surface area contributed by atoms with E-state index in [2.05, 4.69) is 36.3 Å². The number of hydrogen-bond acceptors (Lipinski definition) is 3. The fourth-order valence-corrected chi connectivity index (χ4v) is 2.42. The van der Waals surface area contributed by atoms with Crippen LogP contribution in [0.25, 0.3) is 0 Å². The van der Waals surface area contributed by atoms with Crippen molar-refractivity contribution in [2.45, 2.75) is 39.0 Å². The molecule has 4 heteroatoms. The number of thiophene rings is 1. The molecule has 0 aliphatic carbocycles. The zero-order valence-corrected chi connectivity index (χ0v) is 11.7. The molecule has 1 unspecified atom stereocenters. The van der Waals surface area contributed by atoms with Crippen molar-refractivity contribution in [2.24, 2.45) is 5.92 Å². The quantitative estimate of drug-likeness (QED) is 0.780. The van der Waals surface area contributed by atoms with E-state index < -0.39 is 0 Å². The molecule has 0 saturated carbocycles. The Morgan fingerprint density at radius 2 is 2.25 bits per heavy atom. The predicted octanol–water partition coefficient (Wildman–Crippen LogP) is 2.88. The van der Waals surface area contributed by atoms with Crippen LogP contribution in [0.15, 0.2) is 11.4 Å². The van der Waals surface area contributed by atoms with Gasteiger partial charge in [0.2, 0.25) is 5.91 Å². The van der Waals surface area contributed by atoms with Gasteiger partial charge in [-0.2, -0.15) is 12.6 Å². The Balaban J connectivity index is 2.49. The molecule has 0 bridgehead atoms. The second-order valence-electron chi connectivity index (χ2n) is 4.13. The summed E-state index contributed by atoms with van der Waals surface area (Å²) in [5.74, 6) is 0.283. The normalized spacial score (nSPS) is 12.8. The molecule has 1 atom stereocenters. The Morgan fingerprint density at radius 1 is 1.56 bits per heavy atom. The molecule has 1 rings (SSSR count). The molecule has 1 aromatic heterocycles. The van der Waals surface area contributed by atoms with Crippen molar-refractivity contribution in [3.8, 4) is 0 Å². The van der Waals surface area contributed by atoms with Crippen LogP contribution in [0.2, 0.25) is 0 Å². The van der Waals surface area contributed by atoms with Crippen LogP contribution in [-0.2, 0) is 17.8 Å². The van der Waals surface area contributed by atoms with Crippen molar-refractivity contribution in [1.82, 2.24) is 5.32 Å². The van der Waals surface area contributed by atoms with Gasteiger partial charge in [-0.05, 0) is 29.3 Å². The lowest BCUT2D eigenvalue weighted by molar-refractivity contribution is -0.121. The minimum absolute atomic E-state index is 0.0220. The number of nitrogens with one attached hydrogen (secondary N) is 1. The average Bonchev–Trinajstić information content (AvgIpc) is 2.71. The van der Waals surface area contributed by atoms with Gasteiger partial charge in [0.15, 0.2) is 0 Å². The zero-order valence-electron chi connectivity index (χ0n) is 9.99. The van der Waals surface area contributed by atoms with Crippen LogP contribution < -0.4 is 5.32 Å². The molecule has 0 aromatic carbocycles. The van der Waals surface area contributed by atoms with Gasteiger partial charge in [-0.1, -0.05) is 20.8 Å². The summed E-state index contributed by atoms with van der Waals surface area (Å²) in [6.07, 6.45) is 1.02. The van der Waals surface area contributed by atoms with Crippen LogP contribution in [0.3, 0.4) is 0 Å². The average molecular weight is 257 g/mol. The molecule has 0 aliphatic heterocycles. The number of rotatable bonds is 5. The maximum Gasteiger partial charge on any atom is 0.233 e. The van der Waals surface area contributed by atoms with Gasteiger partial charge in [-0.15, -0.1) is 11.3 Å². The van der Waals surface area contributed by atoms with E-state index in [1.54, 1.807) is 11.3 Å². The first-order valence-corrected chi connectivity index (χ1v) is 6.96. The summed E-state index contributed by atoms with van der Waals surface area (Å²) in [6.45, 7) is 6.76. The second kappa shape index (κ2) is 6.30. The first-order valence-electron chi connectivity index (χ1n) is 5.57. The van der Waals surface area contributed by atoms with Crippen molar-refractivity contribution >= 4 is 29.9 Å². The fourth-order valence-electron chi connectivity index (χ4n) is 1.41. The van der Waals surface area contributed by atoms with Crippen molar-refractivity contribution in [3.05, 3.63) is 21.9 Å². The van der Waals surface area contributed by atoms with Crippen molar-refractivity contribution < 1.29 is 4.79 Å². The maximum atomic E-state index is 11.7. The molecule has 1 amide bonds. The molecule has 0 spiro atoms. The maximum absolute atomic E-state index is 11.7. The second-order valence-corrected chi connectivity index (χ2v) is 5.69. The topological polar surface area (TPSA) is 29.1 Å². The highest BCUT2D eigenvalue weighted by Crippen LogP contribution is 2.17. The molecule has 2 nitrogen and oxygen atoms in total. The van der Waals surface area contributed by atoms with Gasteiger partial charge in [0.05, 0.1) is 11.8 Å². The van der Waals surface area contributed by atoms with Crippen LogP contribution in [-0.4, -0.2) is 11.2 Å². The highest BCUT2D eigenvalue weighted by Gasteiger charge is 2.17. The fraction of sp³-hybridized carbons (Fsp3) is 0.583. The molecule has 0 aliphatic rings. The molecular weight excluding hydrogens is 238 g/mol. The van der Waals surface area contributed by atoms with E-state index in [1.807, 2.05) is 13.8 Å². The molecule has 0 saturated heterocycles. The number of thiol groups is 1. The van der Waals surface area contributed by atoms with Gasteiger partial charge in [-0.3, -0.25) is 4.79 Å².